The zero-order chi connectivity index (χ0) is 41.3. The van der Waals surface area contributed by atoms with Crippen LogP contribution in [0.25, 0.3) is 0 Å². The smallest absolute Gasteiger partial charge is 0.00666 e. The summed E-state index contributed by atoms with van der Waals surface area (Å²) >= 11 is 0. The van der Waals surface area contributed by atoms with Gasteiger partial charge in [0, 0.05) is 23.7 Å². The summed E-state index contributed by atoms with van der Waals surface area (Å²) < 4.78 is 0. The average Bonchev–Trinajstić information content (AvgIpc) is 3.15. The molecule has 0 heteroatoms. The summed E-state index contributed by atoms with van der Waals surface area (Å²) in [7, 11) is 0. The minimum Gasteiger partial charge on any atom is -0.0549 e. The van der Waals surface area contributed by atoms with Crippen molar-refractivity contribution < 1.29 is 0 Å². The number of benzene rings is 5. The highest BCUT2D eigenvalue weighted by atomic mass is 14.3. The Morgan fingerprint density at radius 2 is 0.345 bits per heavy atom. The minimum absolute atomic E-state index is 0.269. The summed E-state index contributed by atoms with van der Waals surface area (Å²) in [6, 6.07) is 12.6. The Balaban J connectivity index is 1.65. The van der Waals surface area contributed by atoms with E-state index in [2.05, 4.69) is 176 Å². The lowest BCUT2D eigenvalue weighted by Gasteiger charge is -2.29. The average molecular weight is 733 g/mol. The van der Waals surface area contributed by atoms with E-state index in [0.29, 0.717) is 11.8 Å². The van der Waals surface area contributed by atoms with Crippen molar-refractivity contribution in [3.05, 3.63) is 169 Å². The first kappa shape index (κ1) is 42.2. The summed E-state index contributed by atoms with van der Waals surface area (Å²) in [5.41, 5.74) is 35.9. The van der Waals surface area contributed by atoms with Crippen LogP contribution >= 0.6 is 0 Å². The quantitative estimate of drug-likeness (QED) is 0.149. The molecule has 0 bridgehead atoms. The molecule has 2 unspecified atom stereocenters. The van der Waals surface area contributed by atoms with E-state index in [4.69, 9.17) is 0 Å². The molecule has 292 valence electrons. The molecule has 0 aromatic heterocycles. The van der Waals surface area contributed by atoms with Gasteiger partial charge in [0.15, 0.2) is 0 Å². The maximum absolute atomic E-state index is 2.59. The number of hydrogen-bond acceptors (Lipinski definition) is 0. The van der Waals surface area contributed by atoms with Gasteiger partial charge in [-0.3, -0.25) is 0 Å². The molecular weight excluding hydrogens is 661 g/mol. The van der Waals surface area contributed by atoms with E-state index in [0.717, 1.165) is 0 Å². The highest BCUT2D eigenvalue weighted by Gasteiger charge is 2.27. The van der Waals surface area contributed by atoms with Gasteiger partial charge >= 0.3 is 0 Å². The first-order chi connectivity index (χ1) is 25.5. The van der Waals surface area contributed by atoms with Crippen LogP contribution in [-0.4, -0.2) is 0 Å². The Hall–Kier alpha value is -3.90. The van der Waals surface area contributed by atoms with Gasteiger partial charge in [-0.15, -0.1) is 0 Å². The lowest BCUT2D eigenvalue weighted by molar-refractivity contribution is 0.829. The summed E-state index contributed by atoms with van der Waals surface area (Å²) in [5.74, 6) is 1.18. The molecule has 5 rings (SSSR count). The molecule has 0 heterocycles. The van der Waals surface area contributed by atoms with Gasteiger partial charge < -0.3 is 0 Å². The molecule has 55 heavy (non-hydrogen) atoms. The fraction of sp³-hybridized carbons (Fsp3) is 0.455. The molecule has 5 aromatic carbocycles. The molecule has 0 radical (unpaired) electrons. The zero-order valence-corrected chi connectivity index (χ0v) is 38.7. The molecule has 0 amide bonds. The van der Waals surface area contributed by atoms with Crippen molar-refractivity contribution in [3.63, 3.8) is 0 Å². The van der Waals surface area contributed by atoms with Crippen LogP contribution in [-0.2, 0) is 0 Å². The normalized spacial score (nSPS) is 14.0. The van der Waals surface area contributed by atoms with E-state index in [-0.39, 0.29) is 11.8 Å². The summed E-state index contributed by atoms with van der Waals surface area (Å²) in [6.45, 7) is 49.2. The van der Waals surface area contributed by atoms with Crippen molar-refractivity contribution in [2.24, 2.45) is 0 Å². The first-order valence-electron chi connectivity index (χ1n) is 21.0. The van der Waals surface area contributed by atoms with Crippen LogP contribution in [0.4, 0.5) is 0 Å². The number of aryl methyl sites for hydroxylation is 2. The molecule has 0 spiro atoms. The predicted octanol–water partition coefficient (Wildman–Crippen LogP) is 15.5. The van der Waals surface area contributed by atoms with E-state index in [1.807, 2.05) is 0 Å². The van der Waals surface area contributed by atoms with Crippen molar-refractivity contribution in [2.75, 3.05) is 0 Å². The third kappa shape index (κ3) is 7.06. The van der Waals surface area contributed by atoms with Crippen molar-refractivity contribution in [1.29, 1.82) is 0 Å². The van der Waals surface area contributed by atoms with Gasteiger partial charge in [0.25, 0.3) is 0 Å². The lowest BCUT2D eigenvalue weighted by atomic mass is 9.75. The molecular formula is C55H72. The standard InChI is InChI=1S/C55H72/c1-27-22-48(36(10)31(5)29(27)3)44(18)50-24-52(40(14)33(7)38(50)12)46(20)54-26-55(43(17)35(9)42(54)16)47(21)53-25-51(39(13)34(8)41(53)15)45(19)49-23-28(2)30(4)32(6)37(49)11/h22-26,44-47H,1-21H3/t44-,45?,46-,47?/m1/s1. The second-order valence-electron chi connectivity index (χ2n) is 18.0. The third-order valence-electron chi connectivity index (χ3n) is 15.7. The molecule has 4 atom stereocenters. The van der Waals surface area contributed by atoms with Gasteiger partial charge in [-0.2, -0.15) is 0 Å². The maximum Gasteiger partial charge on any atom is 0.00666 e. The van der Waals surface area contributed by atoms with Gasteiger partial charge in [0.2, 0.25) is 0 Å². The Labute approximate surface area is 337 Å². The molecule has 0 N–H and O–H groups in total. The monoisotopic (exact) mass is 733 g/mol. The van der Waals surface area contributed by atoms with E-state index in [9.17, 15) is 0 Å². The van der Waals surface area contributed by atoms with Crippen LogP contribution in [0.15, 0.2) is 30.3 Å². The molecule has 0 aliphatic rings. The van der Waals surface area contributed by atoms with Crippen molar-refractivity contribution >= 4 is 0 Å². The van der Waals surface area contributed by atoms with Crippen LogP contribution in [0.1, 0.15) is 190 Å². The van der Waals surface area contributed by atoms with Gasteiger partial charge in [0.1, 0.15) is 0 Å². The van der Waals surface area contributed by atoms with Gasteiger partial charge in [0.05, 0.1) is 0 Å². The van der Waals surface area contributed by atoms with Gasteiger partial charge in [-0.05, 0) is 257 Å². The third-order valence-corrected chi connectivity index (χ3v) is 15.7. The fourth-order valence-electron chi connectivity index (χ4n) is 10.0. The molecule has 0 aliphatic heterocycles. The lowest BCUT2D eigenvalue weighted by Crippen LogP contribution is -2.13. The fourth-order valence-corrected chi connectivity index (χ4v) is 10.0. The van der Waals surface area contributed by atoms with Crippen molar-refractivity contribution in [3.8, 4) is 0 Å². The van der Waals surface area contributed by atoms with Gasteiger partial charge in [-0.25, -0.2) is 0 Å². The van der Waals surface area contributed by atoms with Crippen LogP contribution < -0.4 is 0 Å². The van der Waals surface area contributed by atoms with E-state index >= 15 is 0 Å². The minimum atomic E-state index is 0.269. The van der Waals surface area contributed by atoms with E-state index in [1.165, 1.54) is 139 Å². The Bertz CT molecular complexity index is 2180. The zero-order valence-electron chi connectivity index (χ0n) is 38.7. The molecule has 0 fully saturated rings. The van der Waals surface area contributed by atoms with E-state index in [1.54, 1.807) is 0 Å². The second kappa shape index (κ2) is 15.6. The predicted molar refractivity (Wildman–Crippen MR) is 243 cm³/mol. The molecule has 5 aromatic rings. The topological polar surface area (TPSA) is 0 Å². The van der Waals surface area contributed by atoms with Crippen LogP contribution in [0.3, 0.4) is 0 Å². The highest BCUT2D eigenvalue weighted by molar-refractivity contribution is 5.59. The first-order valence-corrected chi connectivity index (χ1v) is 21.0. The van der Waals surface area contributed by atoms with Crippen molar-refractivity contribution in [2.45, 2.75) is 169 Å². The number of hydrogen-bond donors (Lipinski definition) is 0. The van der Waals surface area contributed by atoms with E-state index < -0.39 is 0 Å². The number of rotatable bonds is 8. The second-order valence-corrected chi connectivity index (χ2v) is 18.0. The summed E-state index contributed by atoms with van der Waals surface area (Å²) in [5, 5.41) is 0. The van der Waals surface area contributed by atoms with Crippen LogP contribution in [0.2, 0.25) is 0 Å². The molecule has 0 saturated heterocycles. The summed E-state index contributed by atoms with van der Waals surface area (Å²) in [6.07, 6.45) is 0. The van der Waals surface area contributed by atoms with Crippen molar-refractivity contribution in [1.82, 2.24) is 0 Å². The Morgan fingerprint density at radius 3 is 0.527 bits per heavy atom. The summed E-state index contributed by atoms with van der Waals surface area (Å²) in [4.78, 5) is 0. The van der Waals surface area contributed by atoms with Crippen LogP contribution in [0.5, 0.6) is 0 Å². The molecule has 0 aliphatic carbocycles. The Kier molecular flexibility index (Phi) is 12.0. The largest absolute Gasteiger partial charge is 0.0549 e. The SMILES string of the molecule is Cc1cc(C(C)c2cc(C(C)c3cc([C@H](C)c4cc([C@H](C)c5cc(C)c(C)c(C)c5C)c(C)c(C)c4C)c(C)c(C)c3C)c(C)c(C)c2C)c(C)c(C)c1C. The maximum atomic E-state index is 2.59. The molecule has 0 nitrogen and oxygen atoms in total. The Morgan fingerprint density at radius 1 is 0.200 bits per heavy atom. The van der Waals surface area contributed by atoms with Crippen LogP contribution in [0, 0.1) is 118 Å². The highest BCUT2D eigenvalue weighted by Crippen LogP contribution is 2.43. The van der Waals surface area contributed by atoms with Gasteiger partial charge in [-0.1, -0.05) is 58.0 Å². The molecule has 0 saturated carbocycles.